The summed E-state index contributed by atoms with van der Waals surface area (Å²) in [4.78, 5) is 29.1. The number of likely N-dealkylation sites (tertiary alicyclic amines) is 2. The highest BCUT2D eigenvalue weighted by atomic mass is 16.4. The minimum absolute atomic E-state index is 0.0562. The number of carbonyl (C=O) groups excluding carboxylic acids is 1. The monoisotopic (exact) mass is 412 g/mol. The Hall–Kier alpha value is -2.64. The third-order valence-electron chi connectivity index (χ3n) is 6.31. The Morgan fingerprint density at radius 1 is 1.07 bits per heavy atom. The number of rotatable bonds is 6. The first-order valence-corrected chi connectivity index (χ1v) is 10.5. The highest BCUT2D eigenvalue weighted by molar-refractivity contribution is 5.92. The summed E-state index contributed by atoms with van der Waals surface area (Å²) in [5.74, 6) is -0.454. The van der Waals surface area contributed by atoms with E-state index in [9.17, 15) is 19.8 Å². The molecule has 1 aromatic heterocycles. The van der Waals surface area contributed by atoms with E-state index in [2.05, 4.69) is 4.90 Å². The number of amides is 1. The largest absolute Gasteiger partial charge is 0.481 e. The fourth-order valence-electron chi connectivity index (χ4n) is 4.57. The number of aliphatic hydroxyl groups is 1. The lowest BCUT2D eigenvalue weighted by Crippen LogP contribution is -2.58. The van der Waals surface area contributed by atoms with Crippen molar-refractivity contribution < 1.29 is 24.2 Å². The van der Waals surface area contributed by atoms with Crippen LogP contribution >= 0.6 is 0 Å². The van der Waals surface area contributed by atoms with Crippen molar-refractivity contribution in [1.29, 1.82) is 0 Å². The number of hydrogen-bond acceptors (Lipinski definition) is 5. The molecule has 1 aromatic carbocycles. The Balaban J connectivity index is 1.50. The topological polar surface area (TPSA) is 94.2 Å². The van der Waals surface area contributed by atoms with E-state index >= 15 is 0 Å². The zero-order valence-electron chi connectivity index (χ0n) is 17.0. The third-order valence-corrected chi connectivity index (χ3v) is 6.31. The predicted molar refractivity (Wildman–Crippen MR) is 110 cm³/mol. The molecule has 2 N–H and O–H groups in total. The van der Waals surface area contributed by atoms with E-state index in [-0.39, 0.29) is 31.1 Å². The van der Waals surface area contributed by atoms with E-state index in [4.69, 9.17) is 4.42 Å². The predicted octanol–water partition coefficient (Wildman–Crippen LogP) is 2.40. The minimum atomic E-state index is -1.44. The maximum Gasteiger partial charge on any atom is 0.314 e. The second kappa shape index (κ2) is 8.62. The molecule has 0 unspecified atom stereocenters. The van der Waals surface area contributed by atoms with Crippen LogP contribution in [0.5, 0.6) is 0 Å². The van der Waals surface area contributed by atoms with Gasteiger partial charge in [0.05, 0.1) is 12.6 Å². The number of furan rings is 1. The molecule has 3 heterocycles. The van der Waals surface area contributed by atoms with Crippen LogP contribution in [-0.2, 0) is 17.8 Å². The molecule has 7 nitrogen and oxygen atoms in total. The van der Waals surface area contributed by atoms with E-state index < -0.39 is 17.5 Å². The summed E-state index contributed by atoms with van der Waals surface area (Å²) in [6, 6.07) is 12.7. The number of aliphatic hydroxyl groups excluding tert-OH is 1. The van der Waals surface area contributed by atoms with Crippen molar-refractivity contribution in [2.75, 3.05) is 26.2 Å². The van der Waals surface area contributed by atoms with Gasteiger partial charge in [0, 0.05) is 13.1 Å². The van der Waals surface area contributed by atoms with E-state index in [0.717, 1.165) is 24.4 Å². The van der Waals surface area contributed by atoms with Crippen LogP contribution in [0.25, 0.3) is 0 Å². The smallest absolute Gasteiger partial charge is 0.314 e. The lowest BCUT2D eigenvalue weighted by Gasteiger charge is -2.43. The molecule has 2 aromatic rings. The number of nitrogens with zero attached hydrogens (tertiary/aromatic N) is 2. The van der Waals surface area contributed by atoms with Crippen LogP contribution in [0.4, 0.5) is 0 Å². The van der Waals surface area contributed by atoms with Gasteiger partial charge in [-0.3, -0.25) is 14.5 Å². The molecule has 0 radical (unpaired) electrons. The van der Waals surface area contributed by atoms with Crippen LogP contribution in [0, 0.1) is 5.41 Å². The first kappa shape index (κ1) is 20.6. The Bertz CT molecular complexity index is 890. The number of carboxylic acids is 1. The summed E-state index contributed by atoms with van der Waals surface area (Å²) in [5.41, 5.74) is -0.626. The second-order valence-electron chi connectivity index (χ2n) is 8.40. The normalized spacial score (nSPS) is 24.8. The van der Waals surface area contributed by atoms with E-state index in [1.54, 1.807) is 6.07 Å². The van der Waals surface area contributed by atoms with Crippen molar-refractivity contribution >= 4 is 11.9 Å². The van der Waals surface area contributed by atoms with Gasteiger partial charge in [-0.05, 0) is 56.5 Å². The van der Waals surface area contributed by atoms with Crippen molar-refractivity contribution in [1.82, 2.24) is 9.80 Å². The summed E-state index contributed by atoms with van der Waals surface area (Å²) >= 11 is 0. The molecule has 4 rings (SSSR count). The molecule has 2 aliphatic heterocycles. The molecule has 2 atom stereocenters. The number of piperidine rings is 1. The summed E-state index contributed by atoms with van der Waals surface area (Å²) < 4.78 is 5.79. The Morgan fingerprint density at radius 3 is 2.50 bits per heavy atom. The van der Waals surface area contributed by atoms with E-state index in [1.165, 1.54) is 17.7 Å². The molecule has 1 amide bonds. The Labute approximate surface area is 175 Å². The molecule has 2 aliphatic rings. The highest BCUT2D eigenvalue weighted by Gasteiger charge is 2.50. The van der Waals surface area contributed by atoms with Gasteiger partial charge in [-0.1, -0.05) is 30.3 Å². The average molecular weight is 412 g/mol. The van der Waals surface area contributed by atoms with Crippen LogP contribution < -0.4 is 0 Å². The van der Waals surface area contributed by atoms with Gasteiger partial charge in [-0.15, -0.1) is 0 Å². The molecule has 160 valence electrons. The molecule has 30 heavy (non-hydrogen) atoms. The fourth-order valence-corrected chi connectivity index (χ4v) is 4.57. The SMILES string of the molecule is O=C(c1ccc(CN2CCCC2)o1)N1CC[C@H](O)[C@](Cc2ccccc2)(C(=O)O)C1. The Kier molecular flexibility index (Phi) is 5.92. The molecule has 7 heteroatoms. The maximum atomic E-state index is 13.1. The van der Waals surface area contributed by atoms with Crippen LogP contribution in [0.15, 0.2) is 46.9 Å². The van der Waals surface area contributed by atoms with Crippen molar-refractivity contribution in [2.24, 2.45) is 5.41 Å². The minimum Gasteiger partial charge on any atom is -0.481 e. The van der Waals surface area contributed by atoms with Gasteiger partial charge in [0.1, 0.15) is 11.2 Å². The lowest BCUT2D eigenvalue weighted by molar-refractivity contribution is -0.161. The van der Waals surface area contributed by atoms with Crippen LogP contribution in [-0.4, -0.2) is 64.2 Å². The molecule has 0 spiro atoms. The average Bonchev–Trinajstić information content (AvgIpc) is 3.42. The van der Waals surface area contributed by atoms with Gasteiger partial charge in [-0.2, -0.15) is 0 Å². The number of hydrogen-bond donors (Lipinski definition) is 2. The van der Waals surface area contributed by atoms with Crippen molar-refractivity contribution in [3.8, 4) is 0 Å². The number of benzene rings is 1. The van der Waals surface area contributed by atoms with Crippen LogP contribution in [0.3, 0.4) is 0 Å². The molecule has 2 fully saturated rings. The van der Waals surface area contributed by atoms with Gasteiger partial charge in [0.2, 0.25) is 0 Å². The molecule has 0 aliphatic carbocycles. The fraction of sp³-hybridized carbons (Fsp3) is 0.478. The maximum absolute atomic E-state index is 13.1. The quantitative estimate of drug-likeness (QED) is 0.757. The van der Waals surface area contributed by atoms with Gasteiger partial charge < -0.3 is 19.5 Å². The van der Waals surface area contributed by atoms with Crippen LogP contribution in [0.2, 0.25) is 0 Å². The van der Waals surface area contributed by atoms with Gasteiger partial charge in [0.25, 0.3) is 5.91 Å². The zero-order valence-corrected chi connectivity index (χ0v) is 17.0. The zero-order chi connectivity index (χ0) is 21.1. The summed E-state index contributed by atoms with van der Waals surface area (Å²) in [6.45, 7) is 2.99. The van der Waals surface area contributed by atoms with Crippen molar-refractivity contribution in [3.63, 3.8) is 0 Å². The molecule has 2 saturated heterocycles. The van der Waals surface area contributed by atoms with Gasteiger partial charge in [-0.25, -0.2) is 0 Å². The summed E-state index contributed by atoms with van der Waals surface area (Å²) in [5, 5.41) is 20.7. The molecule has 0 saturated carbocycles. The van der Waals surface area contributed by atoms with E-state index in [1.807, 2.05) is 36.4 Å². The van der Waals surface area contributed by atoms with Crippen LogP contribution in [0.1, 0.15) is 41.1 Å². The lowest BCUT2D eigenvalue weighted by atomic mass is 9.73. The van der Waals surface area contributed by atoms with Crippen molar-refractivity contribution in [3.05, 3.63) is 59.5 Å². The first-order valence-electron chi connectivity index (χ1n) is 10.5. The Morgan fingerprint density at radius 2 is 1.80 bits per heavy atom. The first-order chi connectivity index (χ1) is 14.5. The highest BCUT2D eigenvalue weighted by Crippen LogP contribution is 2.35. The molecule has 0 bridgehead atoms. The number of carboxylic acid groups (broad SMARTS) is 1. The summed E-state index contributed by atoms with van der Waals surface area (Å²) in [6.07, 6.45) is 1.71. The number of carbonyl (C=O) groups is 2. The number of aliphatic carboxylic acids is 1. The molecular weight excluding hydrogens is 384 g/mol. The van der Waals surface area contributed by atoms with Gasteiger partial charge >= 0.3 is 5.97 Å². The third kappa shape index (κ3) is 4.13. The summed E-state index contributed by atoms with van der Waals surface area (Å²) in [7, 11) is 0. The standard InChI is InChI=1S/C23H28N2O5/c26-20-10-13-25(16-23(20,22(28)29)14-17-6-2-1-3-7-17)21(27)19-9-8-18(30-19)15-24-11-4-5-12-24/h1-3,6-9,20,26H,4-5,10-16H2,(H,28,29)/t20-,23+/m0/s1. The van der Waals surface area contributed by atoms with E-state index in [0.29, 0.717) is 13.1 Å². The second-order valence-corrected chi connectivity index (χ2v) is 8.40. The van der Waals surface area contributed by atoms with Crippen molar-refractivity contribution in [2.45, 2.75) is 38.3 Å². The molecular formula is C23H28N2O5. The van der Waals surface area contributed by atoms with Gasteiger partial charge in [0.15, 0.2) is 5.76 Å².